The van der Waals surface area contributed by atoms with Crippen LogP contribution in [0.15, 0.2) is 0 Å². The zero-order chi connectivity index (χ0) is 9.64. The first-order valence-electron chi connectivity index (χ1n) is 6.27. The Morgan fingerprint density at radius 3 is 2.93 bits per heavy atom. The van der Waals surface area contributed by atoms with E-state index in [0.717, 1.165) is 12.5 Å². The van der Waals surface area contributed by atoms with Gasteiger partial charge in [0.05, 0.1) is 6.10 Å². The Bertz CT molecular complexity index is 146. The van der Waals surface area contributed by atoms with E-state index in [9.17, 15) is 0 Å². The van der Waals surface area contributed by atoms with Gasteiger partial charge in [-0.05, 0) is 57.5 Å². The van der Waals surface area contributed by atoms with Gasteiger partial charge in [0, 0.05) is 6.61 Å². The van der Waals surface area contributed by atoms with Crippen molar-refractivity contribution in [3.05, 3.63) is 0 Å². The summed E-state index contributed by atoms with van der Waals surface area (Å²) in [5.74, 6) is 0.918. The van der Waals surface area contributed by atoms with Crippen molar-refractivity contribution in [3.63, 3.8) is 0 Å². The number of hydrogen-bond acceptors (Lipinski definition) is 2. The Morgan fingerprint density at radius 2 is 2.07 bits per heavy atom. The van der Waals surface area contributed by atoms with Crippen LogP contribution in [0.4, 0.5) is 0 Å². The second-order valence-electron chi connectivity index (χ2n) is 4.78. The Hall–Kier alpha value is -0.0800. The summed E-state index contributed by atoms with van der Waals surface area (Å²) < 4.78 is 5.65. The lowest BCUT2D eigenvalue weighted by Gasteiger charge is -2.16. The summed E-state index contributed by atoms with van der Waals surface area (Å²) in [5, 5.41) is 3.53. The van der Waals surface area contributed by atoms with Crippen molar-refractivity contribution in [1.82, 2.24) is 5.32 Å². The second-order valence-corrected chi connectivity index (χ2v) is 4.78. The Kier molecular flexibility index (Phi) is 4.26. The quantitative estimate of drug-likeness (QED) is 0.750. The molecule has 2 fully saturated rings. The van der Waals surface area contributed by atoms with Crippen molar-refractivity contribution in [1.29, 1.82) is 0 Å². The maximum Gasteiger partial charge on any atom is 0.0576 e. The first-order valence-corrected chi connectivity index (χ1v) is 6.27. The van der Waals surface area contributed by atoms with Crippen LogP contribution in [-0.4, -0.2) is 25.8 Å². The van der Waals surface area contributed by atoms with Crippen LogP contribution in [0.2, 0.25) is 0 Å². The number of rotatable bonds is 3. The third kappa shape index (κ3) is 3.25. The first-order chi connectivity index (χ1) is 6.95. The lowest BCUT2D eigenvalue weighted by atomic mass is 9.95. The molecule has 2 aliphatic heterocycles. The summed E-state index contributed by atoms with van der Waals surface area (Å²) in [6, 6.07) is 0. The van der Waals surface area contributed by atoms with Crippen molar-refractivity contribution >= 4 is 0 Å². The van der Waals surface area contributed by atoms with Crippen LogP contribution in [-0.2, 0) is 4.74 Å². The van der Waals surface area contributed by atoms with E-state index in [1.54, 1.807) is 0 Å². The van der Waals surface area contributed by atoms with Gasteiger partial charge >= 0.3 is 0 Å². The zero-order valence-electron chi connectivity index (χ0n) is 9.13. The number of hydrogen-bond donors (Lipinski definition) is 1. The van der Waals surface area contributed by atoms with Crippen molar-refractivity contribution in [2.45, 2.75) is 51.0 Å². The van der Waals surface area contributed by atoms with Gasteiger partial charge in [-0.2, -0.15) is 0 Å². The fraction of sp³-hybridized carbons (Fsp3) is 1.00. The molecule has 0 aliphatic carbocycles. The number of ether oxygens (including phenoxy) is 1. The van der Waals surface area contributed by atoms with E-state index in [4.69, 9.17) is 4.74 Å². The standard InChI is InChI=1S/C12H23NO/c1-2-8-13-10-11(4-1)6-7-12-5-3-9-14-12/h11-13H,1-10H2. The molecular weight excluding hydrogens is 174 g/mol. The third-order valence-corrected chi connectivity index (χ3v) is 3.57. The average Bonchev–Trinajstić information content (AvgIpc) is 2.58. The van der Waals surface area contributed by atoms with Gasteiger partial charge < -0.3 is 10.1 Å². The van der Waals surface area contributed by atoms with Crippen LogP contribution in [0, 0.1) is 5.92 Å². The highest BCUT2D eigenvalue weighted by Gasteiger charge is 2.18. The molecule has 2 heteroatoms. The summed E-state index contributed by atoms with van der Waals surface area (Å²) >= 11 is 0. The topological polar surface area (TPSA) is 21.3 Å². The molecule has 2 atom stereocenters. The van der Waals surface area contributed by atoms with Crippen LogP contribution in [0.1, 0.15) is 44.9 Å². The van der Waals surface area contributed by atoms with E-state index >= 15 is 0 Å². The molecule has 2 rings (SSSR count). The smallest absolute Gasteiger partial charge is 0.0576 e. The predicted octanol–water partition coefficient (Wildman–Crippen LogP) is 2.34. The largest absolute Gasteiger partial charge is 0.378 e. The van der Waals surface area contributed by atoms with Crippen molar-refractivity contribution in [3.8, 4) is 0 Å². The highest BCUT2D eigenvalue weighted by Crippen LogP contribution is 2.22. The van der Waals surface area contributed by atoms with Crippen LogP contribution in [0.3, 0.4) is 0 Å². The van der Waals surface area contributed by atoms with E-state index in [0.29, 0.717) is 6.10 Å². The van der Waals surface area contributed by atoms with Gasteiger partial charge in [-0.15, -0.1) is 0 Å². The Balaban J connectivity index is 1.62. The minimum atomic E-state index is 0.596. The number of nitrogens with one attached hydrogen (secondary N) is 1. The Labute approximate surface area is 87.4 Å². The molecule has 0 aromatic heterocycles. The second kappa shape index (κ2) is 5.72. The van der Waals surface area contributed by atoms with Crippen molar-refractivity contribution < 1.29 is 4.74 Å². The molecule has 2 nitrogen and oxygen atoms in total. The molecule has 0 radical (unpaired) electrons. The molecule has 2 heterocycles. The summed E-state index contributed by atoms with van der Waals surface area (Å²) in [5.41, 5.74) is 0. The van der Waals surface area contributed by atoms with Crippen LogP contribution < -0.4 is 5.32 Å². The summed E-state index contributed by atoms with van der Waals surface area (Å²) in [6.45, 7) is 3.48. The molecule has 0 amide bonds. The summed E-state index contributed by atoms with van der Waals surface area (Å²) in [7, 11) is 0. The van der Waals surface area contributed by atoms with Gasteiger partial charge in [0.15, 0.2) is 0 Å². The molecule has 1 N–H and O–H groups in total. The monoisotopic (exact) mass is 197 g/mol. The van der Waals surface area contributed by atoms with Gasteiger partial charge in [0.1, 0.15) is 0 Å². The van der Waals surface area contributed by atoms with Crippen LogP contribution >= 0.6 is 0 Å². The fourth-order valence-electron chi connectivity index (χ4n) is 2.63. The maximum absolute atomic E-state index is 5.65. The fourth-order valence-corrected chi connectivity index (χ4v) is 2.63. The zero-order valence-corrected chi connectivity index (χ0v) is 9.13. The van der Waals surface area contributed by atoms with Gasteiger partial charge in [0.2, 0.25) is 0 Å². The summed E-state index contributed by atoms with van der Waals surface area (Å²) in [6.07, 6.45) is 10.1. The van der Waals surface area contributed by atoms with E-state index in [1.165, 1.54) is 58.0 Å². The van der Waals surface area contributed by atoms with E-state index in [1.807, 2.05) is 0 Å². The third-order valence-electron chi connectivity index (χ3n) is 3.57. The predicted molar refractivity (Wildman–Crippen MR) is 58.4 cm³/mol. The minimum Gasteiger partial charge on any atom is -0.378 e. The lowest BCUT2D eigenvalue weighted by molar-refractivity contribution is 0.0977. The van der Waals surface area contributed by atoms with Crippen molar-refractivity contribution in [2.75, 3.05) is 19.7 Å². The molecule has 2 aliphatic rings. The molecule has 14 heavy (non-hydrogen) atoms. The molecule has 2 unspecified atom stereocenters. The molecule has 0 bridgehead atoms. The minimum absolute atomic E-state index is 0.596. The first kappa shape index (κ1) is 10.4. The van der Waals surface area contributed by atoms with Crippen molar-refractivity contribution in [2.24, 2.45) is 5.92 Å². The van der Waals surface area contributed by atoms with E-state index in [2.05, 4.69) is 5.32 Å². The molecule has 0 spiro atoms. The normalized spacial score (nSPS) is 34.3. The molecule has 2 saturated heterocycles. The Morgan fingerprint density at radius 1 is 1.07 bits per heavy atom. The van der Waals surface area contributed by atoms with Gasteiger partial charge in [0.25, 0.3) is 0 Å². The molecule has 82 valence electrons. The average molecular weight is 197 g/mol. The molecular formula is C12H23NO. The SMILES string of the molecule is C1CCC(CCC2CCCO2)CNC1. The maximum atomic E-state index is 5.65. The summed E-state index contributed by atoms with van der Waals surface area (Å²) in [4.78, 5) is 0. The van der Waals surface area contributed by atoms with E-state index < -0.39 is 0 Å². The molecule has 0 aromatic rings. The van der Waals surface area contributed by atoms with Gasteiger partial charge in [-0.3, -0.25) is 0 Å². The van der Waals surface area contributed by atoms with Crippen LogP contribution in [0.5, 0.6) is 0 Å². The molecule has 0 aromatic carbocycles. The lowest BCUT2D eigenvalue weighted by Crippen LogP contribution is -2.21. The van der Waals surface area contributed by atoms with E-state index in [-0.39, 0.29) is 0 Å². The highest BCUT2D eigenvalue weighted by molar-refractivity contribution is 4.71. The van der Waals surface area contributed by atoms with Gasteiger partial charge in [-0.1, -0.05) is 6.42 Å². The van der Waals surface area contributed by atoms with Gasteiger partial charge in [-0.25, -0.2) is 0 Å². The molecule has 0 saturated carbocycles. The highest BCUT2D eigenvalue weighted by atomic mass is 16.5. The van der Waals surface area contributed by atoms with Crippen LogP contribution in [0.25, 0.3) is 0 Å².